The predicted molar refractivity (Wildman–Crippen MR) is 130 cm³/mol. The number of carbonyl (C=O) groups is 1. The number of piperidine rings is 1. The Morgan fingerprint density at radius 1 is 1.18 bits per heavy atom. The van der Waals surface area contributed by atoms with Crippen molar-refractivity contribution in [1.82, 2.24) is 4.31 Å². The molecule has 1 aliphatic rings. The molecule has 178 valence electrons. The van der Waals surface area contributed by atoms with Gasteiger partial charge in [-0.25, -0.2) is 17.1 Å². The summed E-state index contributed by atoms with van der Waals surface area (Å²) in [5.74, 6) is -0.252. The van der Waals surface area contributed by atoms with Gasteiger partial charge in [-0.3, -0.25) is 4.79 Å². The van der Waals surface area contributed by atoms with Crippen LogP contribution in [0.5, 0.6) is 11.5 Å². The van der Waals surface area contributed by atoms with E-state index in [4.69, 9.17) is 27.9 Å². The molecule has 3 rings (SSSR count). The second-order valence-electron chi connectivity index (χ2n) is 8.18. The number of anilines is 1. The van der Waals surface area contributed by atoms with E-state index in [1.54, 1.807) is 13.0 Å². The van der Waals surface area contributed by atoms with Crippen molar-refractivity contribution in [2.75, 3.05) is 24.7 Å². The van der Waals surface area contributed by atoms with Gasteiger partial charge >= 0.3 is 0 Å². The number of nitrogens with zero attached hydrogens (tertiary/aromatic N) is 1. The van der Waals surface area contributed by atoms with Crippen LogP contribution >= 0.6 is 23.2 Å². The SMILES string of the molecule is C=C(C)c1cc(F)cc(Oc2c(Cl)cc(NC(=O)CC3CCN(S(C)(=O)=O)CC3)cc2Cl)c1. The molecule has 33 heavy (non-hydrogen) atoms. The van der Waals surface area contributed by atoms with Gasteiger partial charge in [0.25, 0.3) is 0 Å². The lowest BCUT2D eigenvalue weighted by atomic mass is 9.94. The number of benzene rings is 2. The summed E-state index contributed by atoms with van der Waals surface area (Å²) in [6.07, 6.45) is 2.69. The molecule has 2 aromatic carbocycles. The number of hydrogen-bond acceptors (Lipinski definition) is 4. The number of ether oxygens (including phenoxy) is 1. The lowest BCUT2D eigenvalue weighted by molar-refractivity contribution is -0.117. The van der Waals surface area contributed by atoms with Crippen molar-refractivity contribution in [3.8, 4) is 11.5 Å². The Balaban J connectivity index is 1.65. The highest BCUT2D eigenvalue weighted by Crippen LogP contribution is 2.39. The number of halogens is 3. The van der Waals surface area contributed by atoms with E-state index in [1.807, 2.05) is 0 Å². The quantitative estimate of drug-likeness (QED) is 0.494. The Morgan fingerprint density at radius 3 is 2.33 bits per heavy atom. The van der Waals surface area contributed by atoms with Gasteiger partial charge in [-0.2, -0.15) is 0 Å². The molecule has 1 saturated heterocycles. The molecule has 1 heterocycles. The fourth-order valence-electron chi connectivity index (χ4n) is 3.63. The maximum Gasteiger partial charge on any atom is 0.224 e. The van der Waals surface area contributed by atoms with Gasteiger partial charge in [0.15, 0.2) is 5.75 Å². The van der Waals surface area contributed by atoms with E-state index in [-0.39, 0.29) is 39.8 Å². The summed E-state index contributed by atoms with van der Waals surface area (Å²) < 4.78 is 44.3. The minimum absolute atomic E-state index is 0.0899. The third-order valence-corrected chi connectivity index (χ3v) is 7.25. The van der Waals surface area contributed by atoms with Crippen molar-refractivity contribution in [3.63, 3.8) is 0 Å². The van der Waals surface area contributed by atoms with Crippen LogP contribution in [0.4, 0.5) is 10.1 Å². The summed E-state index contributed by atoms with van der Waals surface area (Å²) in [6, 6.07) is 7.20. The highest BCUT2D eigenvalue weighted by atomic mass is 35.5. The van der Waals surface area contributed by atoms with Crippen molar-refractivity contribution in [2.45, 2.75) is 26.2 Å². The molecule has 0 unspecified atom stereocenters. The normalized spacial score (nSPS) is 15.3. The molecule has 0 atom stereocenters. The van der Waals surface area contributed by atoms with Crippen molar-refractivity contribution in [3.05, 3.63) is 58.3 Å². The molecule has 1 amide bonds. The van der Waals surface area contributed by atoms with Gasteiger partial charge in [0, 0.05) is 31.3 Å². The molecule has 1 fully saturated rings. The molecule has 1 aliphatic heterocycles. The van der Waals surface area contributed by atoms with Gasteiger partial charge in [-0.15, -0.1) is 0 Å². The van der Waals surface area contributed by atoms with Crippen molar-refractivity contribution < 1.29 is 22.3 Å². The molecule has 0 spiro atoms. The predicted octanol–water partition coefficient (Wildman–Crippen LogP) is 5.96. The zero-order chi connectivity index (χ0) is 24.3. The smallest absolute Gasteiger partial charge is 0.224 e. The Morgan fingerprint density at radius 2 is 1.79 bits per heavy atom. The first-order valence-electron chi connectivity index (χ1n) is 10.3. The first kappa shape index (κ1) is 25.5. The summed E-state index contributed by atoms with van der Waals surface area (Å²) in [5, 5.41) is 3.08. The number of hydrogen-bond donors (Lipinski definition) is 1. The minimum atomic E-state index is -3.21. The van der Waals surface area contributed by atoms with Crippen LogP contribution in [-0.4, -0.2) is 38.0 Å². The summed E-state index contributed by atoms with van der Waals surface area (Å²) in [6.45, 7) is 6.38. The molecular weight excluding hydrogens is 490 g/mol. The molecule has 0 saturated carbocycles. The Hall–Kier alpha value is -2.13. The Kier molecular flexibility index (Phi) is 8.05. The van der Waals surface area contributed by atoms with E-state index in [1.165, 1.54) is 34.8 Å². The largest absolute Gasteiger partial charge is 0.454 e. The Bertz CT molecular complexity index is 1160. The number of nitrogens with one attached hydrogen (secondary N) is 1. The van der Waals surface area contributed by atoms with Gasteiger partial charge in [-0.1, -0.05) is 35.4 Å². The molecule has 10 heteroatoms. The average Bonchev–Trinajstić information content (AvgIpc) is 2.70. The number of sulfonamides is 1. The lowest BCUT2D eigenvalue weighted by Gasteiger charge is -2.29. The molecule has 0 aliphatic carbocycles. The van der Waals surface area contributed by atoms with Crippen molar-refractivity contribution in [1.29, 1.82) is 0 Å². The van der Waals surface area contributed by atoms with Crippen LogP contribution in [-0.2, 0) is 14.8 Å². The molecule has 1 N–H and O–H groups in total. The van der Waals surface area contributed by atoms with Crippen LogP contribution in [0.2, 0.25) is 10.0 Å². The number of amides is 1. The maximum atomic E-state index is 13.9. The Labute approximate surface area is 203 Å². The molecule has 2 aromatic rings. The summed E-state index contributed by atoms with van der Waals surface area (Å²) in [5.41, 5.74) is 1.66. The first-order chi connectivity index (χ1) is 15.4. The van der Waals surface area contributed by atoms with E-state index in [0.29, 0.717) is 42.8 Å². The minimum Gasteiger partial charge on any atom is -0.454 e. The monoisotopic (exact) mass is 514 g/mol. The maximum absolute atomic E-state index is 13.9. The van der Waals surface area contributed by atoms with E-state index >= 15 is 0 Å². The zero-order valence-electron chi connectivity index (χ0n) is 18.3. The van der Waals surface area contributed by atoms with E-state index in [0.717, 1.165) is 0 Å². The summed E-state index contributed by atoms with van der Waals surface area (Å²) in [4.78, 5) is 12.5. The second kappa shape index (κ2) is 10.4. The molecule has 0 aromatic heterocycles. The van der Waals surface area contributed by atoms with Crippen LogP contribution in [0.25, 0.3) is 5.57 Å². The molecule has 6 nitrogen and oxygen atoms in total. The molecule has 0 bridgehead atoms. The van der Waals surface area contributed by atoms with Crippen LogP contribution in [0, 0.1) is 11.7 Å². The van der Waals surface area contributed by atoms with Gasteiger partial charge in [0.05, 0.1) is 16.3 Å². The fourth-order valence-corrected chi connectivity index (χ4v) is 5.07. The number of rotatable bonds is 7. The van der Waals surface area contributed by atoms with Crippen molar-refractivity contribution in [2.24, 2.45) is 5.92 Å². The van der Waals surface area contributed by atoms with Crippen LogP contribution in [0.3, 0.4) is 0 Å². The summed E-state index contributed by atoms with van der Waals surface area (Å²) in [7, 11) is -3.21. The topological polar surface area (TPSA) is 75.7 Å². The van der Waals surface area contributed by atoms with Gasteiger partial charge in [0.2, 0.25) is 15.9 Å². The van der Waals surface area contributed by atoms with E-state index < -0.39 is 15.8 Å². The second-order valence-corrected chi connectivity index (χ2v) is 11.0. The zero-order valence-corrected chi connectivity index (χ0v) is 20.7. The van der Waals surface area contributed by atoms with Crippen LogP contribution in [0.15, 0.2) is 36.9 Å². The lowest BCUT2D eigenvalue weighted by Crippen LogP contribution is -2.38. The van der Waals surface area contributed by atoms with Crippen LogP contribution in [0.1, 0.15) is 31.7 Å². The highest BCUT2D eigenvalue weighted by Gasteiger charge is 2.26. The first-order valence-corrected chi connectivity index (χ1v) is 12.9. The standard InChI is InChI=1S/C23H25Cl2FN2O4S/c1-14(2)16-9-17(26)11-19(10-16)32-23-20(24)12-18(13-21(23)25)27-22(29)8-15-4-6-28(7-5-15)33(3,30)31/h9-13,15H,1,4-8H2,2-3H3,(H,27,29). The van der Waals surface area contributed by atoms with Gasteiger partial charge in [0.1, 0.15) is 11.6 Å². The number of allylic oxidation sites excluding steroid dienone is 1. The third-order valence-electron chi connectivity index (χ3n) is 5.38. The third kappa shape index (κ3) is 6.93. The van der Waals surface area contributed by atoms with Gasteiger partial charge < -0.3 is 10.1 Å². The summed E-state index contributed by atoms with van der Waals surface area (Å²) >= 11 is 12.7. The van der Waals surface area contributed by atoms with E-state index in [2.05, 4.69) is 11.9 Å². The van der Waals surface area contributed by atoms with E-state index in [9.17, 15) is 17.6 Å². The van der Waals surface area contributed by atoms with Crippen molar-refractivity contribution >= 4 is 50.4 Å². The fraction of sp³-hybridized carbons (Fsp3) is 0.348. The highest BCUT2D eigenvalue weighted by molar-refractivity contribution is 7.88. The molecular formula is C23H25Cl2FN2O4S. The average molecular weight is 515 g/mol. The van der Waals surface area contributed by atoms with Gasteiger partial charge in [-0.05, 0) is 55.5 Å². The molecule has 0 radical (unpaired) electrons. The number of carbonyl (C=O) groups excluding carboxylic acids is 1. The van der Waals surface area contributed by atoms with Crippen LogP contribution < -0.4 is 10.1 Å².